The van der Waals surface area contributed by atoms with Gasteiger partial charge in [0.2, 0.25) is 0 Å². The van der Waals surface area contributed by atoms with Crippen molar-refractivity contribution in [2.75, 3.05) is 5.75 Å². The Balaban J connectivity index is 2.11. The van der Waals surface area contributed by atoms with Gasteiger partial charge in [-0.15, -0.1) is 0 Å². The van der Waals surface area contributed by atoms with Gasteiger partial charge in [0.05, 0.1) is 5.25 Å². The zero-order valence-electron chi connectivity index (χ0n) is 9.02. The number of thioether (sulfide) groups is 1. The second-order valence-corrected chi connectivity index (χ2v) is 5.40. The molecule has 15 heavy (non-hydrogen) atoms. The van der Waals surface area contributed by atoms with Gasteiger partial charge < -0.3 is 5.73 Å². The van der Waals surface area contributed by atoms with Gasteiger partial charge in [0.15, 0.2) is 0 Å². The Morgan fingerprint density at radius 3 is 3.20 bits per heavy atom. The standard InChI is InChI=1S/C11H17N3S/c1-8(12)7-9-4-5-13-11(14-9)10-3-2-6-15-10/h4-5,8,10H,2-3,6-7,12H2,1H3. The van der Waals surface area contributed by atoms with E-state index >= 15 is 0 Å². The van der Waals surface area contributed by atoms with Crippen molar-refractivity contribution >= 4 is 11.8 Å². The maximum atomic E-state index is 5.76. The minimum absolute atomic E-state index is 0.170. The van der Waals surface area contributed by atoms with Crippen molar-refractivity contribution in [2.24, 2.45) is 5.73 Å². The van der Waals surface area contributed by atoms with Gasteiger partial charge >= 0.3 is 0 Å². The molecule has 0 spiro atoms. The summed E-state index contributed by atoms with van der Waals surface area (Å²) < 4.78 is 0. The summed E-state index contributed by atoms with van der Waals surface area (Å²) in [5, 5.41) is 0.512. The summed E-state index contributed by atoms with van der Waals surface area (Å²) in [5.41, 5.74) is 6.83. The Hall–Kier alpha value is -0.610. The van der Waals surface area contributed by atoms with E-state index in [4.69, 9.17) is 5.73 Å². The van der Waals surface area contributed by atoms with Crippen molar-refractivity contribution in [3.8, 4) is 0 Å². The van der Waals surface area contributed by atoms with Crippen LogP contribution in [0.4, 0.5) is 0 Å². The van der Waals surface area contributed by atoms with Crippen LogP contribution in [-0.2, 0) is 6.42 Å². The molecule has 2 rings (SSSR count). The molecule has 2 heterocycles. The average molecular weight is 223 g/mol. The van der Waals surface area contributed by atoms with Gasteiger partial charge in [-0.25, -0.2) is 9.97 Å². The summed E-state index contributed by atoms with van der Waals surface area (Å²) >= 11 is 1.97. The summed E-state index contributed by atoms with van der Waals surface area (Å²) in [4.78, 5) is 8.94. The SMILES string of the molecule is CC(N)Cc1ccnc(C2CCCS2)n1. The maximum absolute atomic E-state index is 5.76. The van der Waals surface area contributed by atoms with Crippen molar-refractivity contribution in [2.45, 2.75) is 37.5 Å². The van der Waals surface area contributed by atoms with Crippen LogP contribution < -0.4 is 5.73 Å². The molecule has 0 aromatic carbocycles. The van der Waals surface area contributed by atoms with E-state index in [2.05, 4.69) is 9.97 Å². The number of nitrogens with two attached hydrogens (primary N) is 1. The average Bonchev–Trinajstić information content (AvgIpc) is 2.69. The predicted octanol–water partition coefficient (Wildman–Crippen LogP) is 1.93. The topological polar surface area (TPSA) is 51.8 Å². The Labute approximate surface area is 94.9 Å². The molecule has 1 aliphatic rings. The fourth-order valence-electron chi connectivity index (χ4n) is 1.79. The van der Waals surface area contributed by atoms with Gasteiger partial charge in [0.1, 0.15) is 5.82 Å². The lowest BCUT2D eigenvalue weighted by molar-refractivity contribution is 0.702. The lowest BCUT2D eigenvalue weighted by Gasteiger charge is -2.09. The van der Waals surface area contributed by atoms with Gasteiger partial charge in [-0.3, -0.25) is 0 Å². The van der Waals surface area contributed by atoms with Crippen molar-refractivity contribution < 1.29 is 0 Å². The van der Waals surface area contributed by atoms with Crippen LogP contribution in [0.5, 0.6) is 0 Å². The van der Waals surface area contributed by atoms with E-state index in [0.29, 0.717) is 5.25 Å². The third-order valence-corrected chi connectivity index (χ3v) is 3.85. The minimum Gasteiger partial charge on any atom is -0.328 e. The normalized spacial score (nSPS) is 22.9. The second kappa shape index (κ2) is 4.94. The lowest BCUT2D eigenvalue weighted by Crippen LogP contribution is -2.19. The molecule has 0 saturated carbocycles. The molecule has 1 aromatic heterocycles. The predicted molar refractivity (Wildman–Crippen MR) is 63.8 cm³/mol. The zero-order valence-corrected chi connectivity index (χ0v) is 9.83. The first-order valence-electron chi connectivity index (χ1n) is 5.44. The van der Waals surface area contributed by atoms with Crippen molar-refractivity contribution in [3.63, 3.8) is 0 Å². The molecule has 0 radical (unpaired) electrons. The first-order chi connectivity index (χ1) is 7.25. The molecule has 0 aliphatic carbocycles. The van der Waals surface area contributed by atoms with Gasteiger partial charge in [-0.05, 0) is 31.6 Å². The molecule has 3 nitrogen and oxygen atoms in total. The van der Waals surface area contributed by atoms with Crippen LogP contribution in [0.2, 0.25) is 0 Å². The molecule has 1 fully saturated rings. The summed E-state index contributed by atoms with van der Waals surface area (Å²) in [5.74, 6) is 2.24. The molecule has 1 aromatic rings. The van der Waals surface area contributed by atoms with Gasteiger partial charge in [0, 0.05) is 24.4 Å². The summed E-state index contributed by atoms with van der Waals surface area (Å²) in [7, 11) is 0. The van der Waals surface area contributed by atoms with Crippen LogP contribution in [0.1, 0.15) is 36.5 Å². The molecule has 2 unspecified atom stereocenters. The van der Waals surface area contributed by atoms with E-state index in [0.717, 1.165) is 17.9 Å². The Morgan fingerprint density at radius 1 is 1.67 bits per heavy atom. The minimum atomic E-state index is 0.170. The smallest absolute Gasteiger partial charge is 0.141 e. The van der Waals surface area contributed by atoms with Gasteiger partial charge in [-0.2, -0.15) is 11.8 Å². The highest BCUT2D eigenvalue weighted by atomic mass is 32.2. The number of hydrogen-bond donors (Lipinski definition) is 1. The number of hydrogen-bond acceptors (Lipinski definition) is 4. The van der Waals surface area contributed by atoms with Crippen LogP contribution in [0.15, 0.2) is 12.3 Å². The molecule has 2 atom stereocenters. The fraction of sp³-hybridized carbons (Fsp3) is 0.636. The van der Waals surface area contributed by atoms with Crippen LogP contribution in [0, 0.1) is 0 Å². The first-order valence-corrected chi connectivity index (χ1v) is 6.49. The van der Waals surface area contributed by atoms with E-state index in [9.17, 15) is 0 Å². The summed E-state index contributed by atoms with van der Waals surface area (Å²) in [6, 6.07) is 2.14. The first kappa shape index (κ1) is 10.9. The van der Waals surface area contributed by atoms with E-state index in [1.807, 2.05) is 30.9 Å². The largest absolute Gasteiger partial charge is 0.328 e. The van der Waals surface area contributed by atoms with E-state index in [1.165, 1.54) is 18.6 Å². The van der Waals surface area contributed by atoms with Gasteiger partial charge in [0.25, 0.3) is 0 Å². The molecule has 2 N–H and O–H groups in total. The lowest BCUT2D eigenvalue weighted by atomic mass is 10.2. The molecule has 0 bridgehead atoms. The van der Waals surface area contributed by atoms with E-state index in [-0.39, 0.29) is 6.04 Å². The summed E-state index contributed by atoms with van der Waals surface area (Å²) in [6.07, 6.45) is 5.20. The molecular formula is C11H17N3S. The Bertz CT molecular complexity index is 321. The highest BCUT2D eigenvalue weighted by molar-refractivity contribution is 7.99. The van der Waals surface area contributed by atoms with Crippen LogP contribution in [0.3, 0.4) is 0 Å². The monoisotopic (exact) mass is 223 g/mol. The number of nitrogens with zero attached hydrogens (tertiary/aromatic N) is 2. The van der Waals surface area contributed by atoms with Crippen LogP contribution in [0.25, 0.3) is 0 Å². The van der Waals surface area contributed by atoms with Crippen molar-refractivity contribution in [3.05, 3.63) is 23.8 Å². The van der Waals surface area contributed by atoms with Crippen molar-refractivity contribution in [1.82, 2.24) is 9.97 Å². The third-order valence-electron chi connectivity index (χ3n) is 2.48. The Morgan fingerprint density at radius 2 is 2.53 bits per heavy atom. The number of aromatic nitrogens is 2. The molecule has 0 amide bonds. The molecule has 4 heteroatoms. The highest BCUT2D eigenvalue weighted by Gasteiger charge is 2.20. The zero-order chi connectivity index (χ0) is 10.7. The highest BCUT2D eigenvalue weighted by Crippen LogP contribution is 2.37. The van der Waals surface area contributed by atoms with Crippen LogP contribution >= 0.6 is 11.8 Å². The van der Waals surface area contributed by atoms with Crippen LogP contribution in [-0.4, -0.2) is 21.8 Å². The number of rotatable bonds is 3. The van der Waals surface area contributed by atoms with Gasteiger partial charge in [-0.1, -0.05) is 0 Å². The second-order valence-electron chi connectivity index (χ2n) is 4.09. The Kier molecular flexibility index (Phi) is 3.59. The summed E-state index contributed by atoms with van der Waals surface area (Å²) in [6.45, 7) is 2.01. The van der Waals surface area contributed by atoms with Crippen molar-refractivity contribution in [1.29, 1.82) is 0 Å². The molecule has 1 saturated heterocycles. The molecular weight excluding hydrogens is 206 g/mol. The maximum Gasteiger partial charge on any atom is 0.141 e. The van der Waals surface area contributed by atoms with E-state index < -0.39 is 0 Å². The molecule has 1 aliphatic heterocycles. The van der Waals surface area contributed by atoms with E-state index in [1.54, 1.807) is 0 Å². The third kappa shape index (κ3) is 2.92. The fourth-order valence-corrected chi connectivity index (χ4v) is 3.01. The molecule has 82 valence electrons. The quantitative estimate of drug-likeness (QED) is 0.850.